The highest BCUT2D eigenvalue weighted by Gasteiger charge is 2.23. The smallest absolute Gasteiger partial charge is 0.363 e. The van der Waals surface area contributed by atoms with E-state index in [4.69, 9.17) is 16.3 Å². The number of esters is 1. The normalized spacial score (nSPS) is 11.9. The second-order valence-electron chi connectivity index (χ2n) is 6.57. The van der Waals surface area contributed by atoms with Crippen LogP contribution in [0.15, 0.2) is 35.1 Å². The Hall–Kier alpha value is -2.67. The van der Waals surface area contributed by atoms with Gasteiger partial charge in [-0.2, -0.15) is 5.10 Å². The van der Waals surface area contributed by atoms with Crippen LogP contribution in [0.2, 0.25) is 5.02 Å². The molecular formula is C19H22ClN3O4. The van der Waals surface area contributed by atoms with Crippen LogP contribution in [-0.2, 0) is 9.53 Å². The van der Waals surface area contributed by atoms with Gasteiger partial charge in [0, 0.05) is 23.3 Å². The average molecular weight is 392 g/mol. The number of hydrogen-bond donors (Lipinski definition) is 1. The van der Waals surface area contributed by atoms with E-state index >= 15 is 0 Å². The Morgan fingerprint density at radius 1 is 1.22 bits per heavy atom. The van der Waals surface area contributed by atoms with Crippen LogP contribution in [0.25, 0.3) is 5.69 Å². The number of halogens is 1. The van der Waals surface area contributed by atoms with Gasteiger partial charge in [-0.3, -0.25) is 9.59 Å². The van der Waals surface area contributed by atoms with E-state index in [9.17, 15) is 14.4 Å². The molecule has 0 spiro atoms. The predicted molar refractivity (Wildman–Crippen MR) is 102 cm³/mol. The van der Waals surface area contributed by atoms with Gasteiger partial charge in [0.25, 0.3) is 5.91 Å². The van der Waals surface area contributed by atoms with Crippen molar-refractivity contribution in [2.75, 3.05) is 6.54 Å². The second kappa shape index (κ2) is 8.81. The summed E-state index contributed by atoms with van der Waals surface area (Å²) >= 11 is 5.89. The van der Waals surface area contributed by atoms with E-state index in [2.05, 4.69) is 10.4 Å². The van der Waals surface area contributed by atoms with Gasteiger partial charge in [-0.25, -0.2) is 9.48 Å². The summed E-state index contributed by atoms with van der Waals surface area (Å²) in [5.41, 5.74) is 0.215. The summed E-state index contributed by atoms with van der Waals surface area (Å²) in [6.07, 6.45) is -1.04. The molecule has 7 nitrogen and oxygen atoms in total. The number of rotatable bonds is 6. The number of aryl methyl sites for hydroxylation is 1. The third-order valence-corrected chi connectivity index (χ3v) is 3.96. The lowest BCUT2D eigenvalue weighted by Crippen LogP contribution is -2.38. The first kappa shape index (κ1) is 20.6. The molecule has 27 heavy (non-hydrogen) atoms. The molecule has 0 unspecified atom stereocenters. The lowest BCUT2D eigenvalue weighted by Gasteiger charge is -2.15. The Bertz CT molecular complexity index is 891. The Morgan fingerprint density at radius 2 is 1.85 bits per heavy atom. The molecule has 0 aliphatic rings. The highest BCUT2D eigenvalue weighted by molar-refractivity contribution is 6.30. The van der Waals surface area contributed by atoms with Crippen LogP contribution in [0.1, 0.15) is 37.0 Å². The third kappa shape index (κ3) is 5.40. The molecule has 0 radical (unpaired) electrons. The van der Waals surface area contributed by atoms with Crippen LogP contribution in [0.3, 0.4) is 0 Å². The number of amides is 1. The first-order valence-electron chi connectivity index (χ1n) is 8.54. The van der Waals surface area contributed by atoms with Gasteiger partial charge in [-0.1, -0.05) is 25.4 Å². The molecule has 0 saturated heterocycles. The van der Waals surface area contributed by atoms with Crippen molar-refractivity contribution in [2.45, 2.75) is 33.8 Å². The molecule has 1 amide bonds. The van der Waals surface area contributed by atoms with Crippen LogP contribution >= 0.6 is 11.6 Å². The van der Waals surface area contributed by atoms with Gasteiger partial charge in [-0.15, -0.1) is 0 Å². The molecular weight excluding hydrogens is 370 g/mol. The van der Waals surface area contributed by atoms with Gasteiger partial charge >= 0.3 is 5.97 Å². The van der Waals surface area contributed by atoms with Gasteiger partial charge < -0.3 is 10.1 Å². The molecule has 1 N–H and O–H groups in total. The number of aromatic nitrogens is 2. The summed E-state index contributed by atoms with van der Waals surface area (Å²) in [5, 5.41) is 7.34. The number of nitrogens with one attached hydrogen (secondary N) is 1. The topological polar surface area (TPSA) is 90.3 Å². The van der Waals surface area contributed by atoms with Crippen LogP contribution in [-0.4, -0.2) is 34.3 Å². The van der Waals surface area contributed by atoms with E-state index < -0.39 is 23.4 Å². The molecule has 1 atom stereocenters. The molecule has 0 saturated carbocycles. The van der Waals surface area contributed by atoms with E-state index in [0.29, 0.717) is 22.9 Å². The standard InChI is InChI=1S/C19H22ClN3O4/c1-11(2)10-21-18(25)13(4)27-19(26)17-16(24)9-12(3)23(22-17)15-7-5-14(20)6-8-15/h5-9,11,13H,10H2,1-4H3,(H,21,25)/t13-/m0/s1. The summed E-state index contributed by atoms with van der Waals surface area (Å²) in [5.74, 6) is -1.11. The summed E-state index contributed by atoms with van der Waals surface area (Å²) in [6.45, 7) is 7.51. The molecule has 0 bridgehead atoms. The fourth-order valence-corrected chi connectivity index (χ4v) is 2.38. The first-order chi connectivity index (χ1) is 12.7. The quantitative estimate of drug-likeness (QED) is 0.764. The van der Waals surface area contributed by atoms with Crippen LogP contribution in [0.5, 0.6) is 0 Å². The number of ether oxygens (including phenoxy) is 1. The monoisotopic (exact) mass is 391 g/mol. The molecule has 0 fully saturated rings. The fourth-order valence-electron chi connectivity index (χ4n) is 2.25. The Morgan fingerprint density at radius 3 is 2.44 bits per heavy atom. The Balaban J connectivity index is 2.23. The zero-order chi connectivity index (χ0) is 20.1. The third-order valence-electron chi connectivity index (χ3n) is 3.71. The summed E-state index contributed by atoms with van der Waals surface area (Å²) < 4.78 is 6.56. The molecule has 1 aromatic heterocycles. The number of carbonyl (C=O) groups is 2. The van der Waals surface area contributed by atoms with Gasteiger partial charge in [0.1, 0.15) is 0 Å². The van der Waals surface area contributed by atoms with Gasteiger partial charge in [0.15, 0.2) is 6.10 Å². The maximum absolute atomic E-state index is 12.4. The minimum atomic E-state index is -1.04. The molecule has 1 heterocycles. The maximum atomic E-state index is 12.4. The maximum Gasteiger partial charge on any atom is 0.363 e. The summed E-state index contributed by atoms with van der Waals surface area (Å²) in [7, 11) is 0. The summed E-state index contributed by atoms with van der Waals surface area (Å²) in [6, 6.07) is 8.07. The van der Waals surface area contributed by atoms with Crippen molar-refractivity contribution in [1.82, 2.24) is 15.1 Å². The van der Waals surface area contributed by atoms with Crippen LogP contribution < -0.4 is 10.7 Å². The minimum Gasteiger partial charge on any atom is -0.448 e. The van der Waals surface area contributed by atoms with Crippen molar-refractivity contribution < 1.29 is 14.3 Å². The molecule has 1 aromatic carbocycles. The number of nitrogens with zero attached hydrogens (tertiary/aromatic N) is 2. The fraction of sp³-hybridized carbons (Fsp3) is 0.368. The summed E-state index contributed by atoms with van der Waals surface area (Å²) in [4.78, 5) is 36.5. The molecule has 8 heteroatoms. The van der Waals surface area contributed by atoms with Crippen LogP contribution in [0.4, 0.5) is 0 Å². The molecule has 0 aliphatic heterocycles. The average Bonchev–Trinajstić information content (AvgIpc) is 2.60. The Labute approximate surface area is 162 Å². The van der Waals surface area contributed by atoms with E-state index in [1.807, 2.05) is 13.8 Å². The highest BCUT2D eigenvalue weighted by Crippen LogP contribution is 2.14. The van der Waals surface area contributed by atoms with E-state index in [1.165, 1.54) is 17.7 Å². The molecule has 2 rings (SSSR count). The number of carbonyl (C=O) groups excluding carboxylic acids is 2. The predicted octanol–water partition coefficient (Wildman–Crippen LogP) is 2.51. The van der Waals surface area contributed by atoms with Crippen molar-refractivity contribution in [2.24, 2.45) is 5.92 Å². The molecule has 144 valence electrons. The van der Waals surface area contributed by atoms with E-state index in [0.717, 1.165) is 0 Å². The SMILES string of the molecule is Cc1cc(=O)c(C(=O)O[C@@H](C)C(=O)NCC(C)C)nn1-c1ccc(Cl)cc1. The van der Waals surface area contributed by atoms with Crippen molar-refractivity contribution >= 4 is 23.5 Å². The zero-order valence-electron chi connectivity index (χ0n) is 15.7. The second-order valence-corrected chi connectivity index (χ2v) is 7.01. The first-order valence-corrected chi connectivity index (χ1v) is 8.92. The lowest BCUT2D eigenvalue weighted by molar-refractivity contribution is -0.129. The van der Waals surface area contributed by atoms with E-state index in [1.54, 1.807) is 31.2 Å². The minimum absolute atomic E-state index is 0.266. The van der Waals surface area contributed by atoms with Crippen LogP contribution in [0, 0.1) is 12.8 Å². The van der Waals surface area contributed by atoms with Crippen molar-refractivity contribution in [3.05, 3.63) is 57.0 Å². The lowest BCUT2D eigenvalue weighted by atomic mass is 10.2. The Kier molecular flexibility index (Phi) is 6.74. The largest absolute Gasteiger partial charge is 0.448 e. The molecule has 2 aromatic rings. The van der Waals surface area contributed by atoms with Gasteiger partial charge in [0.05, 0.1) is 5.69 Å². The number of benzene rings is 1. The number of hydrogen-bond acceptors (Lipinski definition) is 5. The highest BCUT2D eigenvalue weighted by atomic mass is 35.5. The zero-order valence-corrected chi connectivity index (χ0v) is 16.4. The molecule has 0 aliphatic carbocycles. The van der Waals surface area contributed by atoms with E-state index in [-0.39, 0.29) is 11.6 Å². The van der Waals surface area contributed by atoms with Crippen molar-refractivity contribution in [1.29, 1.82) is 0 Å². The van der Waals surface area contributed by atoms with Crippen molar-refractivity contribution in [3.63, 3.8) is 0 Å². The van der Waals surface area contributed by atoms with Gasteiger partial charge in [-0.05, 0) is 44.0 Å². The van der Waals surface area contributed by atoms with Gasteiger partial charge in [0.2, 0.25) is 11.1 Å². The van der Waals surface area contributed by atoms with Crippen molar-refractivity contribution in [3.8, 4) is 5.69 Å².